The lowest BCUT2D eigenvalue weighted by Crippen LogP contribution is -2.14. The van der Waals surface area contributed by atoms with E-state index in [4.69, 9.17) is 11.5 Å². The maximum Gasteiger partial charge on any atom is 0.376 e. The number of carbonyl (C=O) groups is 1. The molecule has 0 aromatic carbocycles. The summed E-state index contributed by atoms with van der Waals surface area (Å²) < 4.78 is 0. The molecule has 1 aromatic heterocycles. The maximum atomic E-state index is 10.7. The van der Waals surface area contributed by atoms with Crippen LogP contribution in [0, 0.1) is 10.1 Å². The third-order valence-electron chi connectivity index (χ3n) is 1.33. The molecule has 1 rings (SSSR count). The minimum absolute atomic E-state index is 0.152. The second-order valence-electron chi connectivity index (χ2n) is 2.26. The molecule has 0 spiro atoms. The van der Waals surface area contributed by atoms with Crippen LogP contribution in [0.3, 0.4) is 0 Å². The van der Waals surface area contributed by atoms with Gasteiger partial charge in [0.2, 0.25) is 0 Å². The van der Waals surface area contributed by atoms with Gasteiger partial charge in [-0.1, -0.05) is 0 Å². The average Bonchev–Trinajstić information content (AvgIpc) is 2.03. The monoisotopic (exact) mass is 182 g/mol. The minimum Gasteiger partial charge on any atom is -0.396 e. The number of primary amides is 1. The lowest BCUT2D eigenvalue weighted by molar-refractivity contribution is -0.389. The number of hydrogen-bond acceptors (Lipinski definition) is 5. The van der Waals surface area contributed by atoms with Crippen molar-refractivity contribution >= 4 is 17.4 Å². The van der Waals surface area contributed by atoms with Crippen LogP contribution in [-0.4, -0.2) is 15.8 Å². The first-order valence-electron chi connectivity index (χ1n) is 3.22. The number of amides is 1. The smallest absolute Gasteiger partial charge is 0.376 e. The van der Waals surface area contributed by atoms with Crippen molar-refractivity contribution in [2.24, 2.45) is 5.73 Å². The Labute approximate surface area is 72.5 Å². The first kappa shape index (κ1) is 8.91. The molecule has 0 unspecified atom stereocenters. The molecular weight excluding hydrogens is 176 g/mol. The molecule has 7 heteroatoms. The van der Waals surface area contributed by atoms with Gasteiger partial charge in [0.25, 0.3) is 5.91 Å². The van der Waals surface area contributed by atoms with Crippen molar-refractivity contribution in [1.29, 1.82) is 0 Å². The molecule has 1 amide bonds. The molecule has 13 heavy (non-hydrogen) atoms. The summed E-state index contributed by atoms with van der Waals surface area (Å²) in [6.07, 6.45) is 1.09. The Morgan fingerprint density at radius 3 is 2.69 bits per heavy atom. The topological polar surface area (TPSA) is 125 Å². The lowest BCUT2D eigenvalue weighted by Gasteiger charge is -1.97. The van der Waals surface area contributed by atoms with Crippen molar-refractivity contribution in [2.75, 3.05) is 5.73 Å². The number of nitrogens with two attached hydrogens (primary N) is 2. The van der Waals surface area contributed by atoms with E-state index in [1.807, 2.05) is 0 Å². The molecule has 0 radical (unpaired) electrons. The van der Waals surface area contributed by atoms with Crippen LogP contribution in [-0.2, 0) is 0 Å². The van der Waals surface area contributed by atoms with E-state index in [2.05, 4.69) is 4.98 Å². The van der Waals surface area contributed by atoms with Gasteiger partial charge >= 0.3 is 5.82 Å². The van der Waals surface area contributed by atoms with E-state index >= 15 is 0 Å². The quantitative estimate of drug-likeness (QED) is 0.478. The normalized spacial score (nSPS) is 9.54. The largest absolute Gasteiger partial charge is 0.396 e. The molecule has 0 aliphatic heterocycles. The van der Waals surface area contributed by atoms with E-state index in [-0.39, 0.29) is 11.3 Å². The second kappa shape index (κ2) is 3.05. The van der Waals surface area contributed by atoms with Gasteiger partial charge in [0.15, 0.2) is 6.20 Å². The zero-order valence-electron chi connectivity index (χ0n) is 6.43. The molecule has 0 saturated heterocycles. The molecular formula is C6H6N4O3. The van der Waals surface area contributed by atoms with Crippen LogP contribution in [0.25, 0.3) is 0 Å². The number of nitrogens with zero attached hydrogens (tertiary/aromatic N) is 2. The van der Waals surface area contributed by atoms with Gasteiger partial charge in [-0.05, 0) is 16.0 Å². The number of anilines is 1. The van der Waals surface area contributed by atoms with Crippen molar-refractivity contribution in [3.63, 3.8) is 0 Å². The maximum absolute atomic E-state index is 10.7. The zero-order chi connectivity index (χ0) is 10.0. The van der Waals surface area contributed by atoms with E-state index < -0.39 is 16.6 Å². The average molecular weight is 182 g/mol. The highest BCUT2D eigenvalue weighted by atomic mass is 16.6. The van der Waals surface area contributed by atoms with Gasteiger partial charge in [-0.2, -0.15) is 0 Å². The molecule has 0 bridgehead atoms. The molecule has 0 fully saturated rings. The van der Waals surface area contributed by atoms with Gasteiger partial charge in [-0.25, -0.2) is 0 Å². The van der Waals surface area contributed by atoms with Crippen LogP contribution in [0.4, 0.5) is 11.5 Å². The van der Waals surface area contributed by atoms with Crippen molar-refractivity contribution in [1.82, 2.24) is 4.98 Å². The highest BCUT2D eigenvalue weighted by molar-refractivity contribution is 5.96. The molecule has 1 aromatic rings. The van der Waals surface area contributed by atoms with Crippen molar-refractivity contribution < 1.29 is 9.72 Å². The number of carbonyl (C=O) groups excluding carboxylic acids is 1. The molecule has 4 N–H and O–H groups in total. The Morgan fingerprint density at radius 1 is 1.62 bits per heavy atom. The van der Waals surface area contributed by atoms with Gasteiger partial charge < -0.3 is 21.6 Å². The van der Waals surface area contributed by atoms with Crippen LogP contribution in [0.2, 0.25) is 0 Å². The fourth-order valence-corrected chi connectivity index (χ4v) is 0.801. The standard InChI is InChI=1S/C6H6N4O3/c7-3-1-4(5(8)11)6(9-2-3)10(12)13/h1-2H,7H2,(H2,8,11). The van der Waals surface area contributed by atoms with Gasteiger partial charge in [0.1, 0.15) is 5.56 Å². The van der Waals surface area contributed by atoms with Gasteiger partial charge in [0, 0.05) is 0 Å². The third-order valence-corrected chi connectivity index (χ3v) is 1.33. The predicted molar refractivity (Wildman–Crippen MR) is 43.8 cm³/mol. The molecule has 0 aliphatic rings. The summed E-state index contributed by atoms with van der Waals surface area (Å²) in [5.41, 5.74) is 10.0. The molecule has 0 saturated carbocycles. The molecule has 68 valence electrons. The van der Waals surface area contributed by atoms with Crippen molar-refractivity contribution in [2.45, 2.75) is 0 Å². The van der Waals surface area contributed by atoms with E-state index in [1.165, 1.54) is 0 Å². The van der Waals surface area contributed by atoms with Gasteiger partial charge in [-0.3, -0.25) is 4.79 Å². The molecule has 0 aliphatic carbocycles. The van der Waals surface area contributed by atoms with Crippen LogP contribution >= 0.6 is 0 Å². The summed E-state index contributed by atoms with van der Waals surface area (Å²) in [6.45, 7) is 0. The third kappa shape index (κ3) is 1.70. The number of hydrogen-bond donors (Lipinski definition) is 2. The van der Waals surface area contributed by atoms with E-state index in [0.717, 1.165) is 12.3 Å². The summed E-state index contributed by atoms with van der Waals surface area (Å²) in [7, 11) is 0. The van der Waals surface area contributed by atoms with E-state index in [1.54, 1.807) is 0 Å². The van der Waals surface area contributed by atoms with Crippen LogP contribution < -0.4 is 11.5 Å². The highest BCUT2D eigenvalue weighted by Crippen LogP contribution is 2.16. The van der Waals surface area contributed by atoms with E-state index in [9.17, 15) is 14.9 Å². The predicted octanol–water partition coefficient (Wildman–Crippen LogP) is -0.329. The van der Waals surface area contributed by atoms with Crippen LogP contribution in [0.5, 0.6) is 0 Å². The second-order valence-corrected chi connectivity index (χ2v) is 2.26. The number of nitro groups is 1. The summed E-state index contributed by atoms with van der Waals surface area (Å²) in [5.74, 6) is -1.51. The highest BCUT2D eigenvalue weighted by Gasteiger charge is 2.19. The first-order valence-corrected chi connectivity index (χ1v) is 3.22. The van der Waals surface area contributed by atoms with Crippen LogP contribution in [0.15, 0.2) is 12.3 Å². The Morgan fingerprint density at radius 2 is 2.23 bits per heavy atom. The Bertz CT molecular complexity index is 376. The molecule has 7 nitrogen and oxygen atoms in total. The Balaban J connectivity index is 3.35. The summed E-state index contributed by atoms with van der Waals surface area (Å²) >= 11 is 0. The lowest BCUT2D eigenvalue weighted by atomic mass is 10.2. The van der Waals surface area contributed by atoms with Crippen molar-refractivity contribution in [3.05, 3.63) is 27.9 Å². The number of rotatable bonds is 2. The fourth-order valence-electron chi connectivity index (χ4n) is 0.801. The minimum atomic E-state index is -0.925. The number of pyridine rings is 1. The van der Waals surface area contributed by atoms with Gasteiger partial charge in [0.05, 0.1) is 5.69 Å². The van der Waals surface area contributed by atoms with Gasteiger partial charge in [-0.15, -0.1) is 0 Å². The molecule has 1 heterocycles. The zero-order valence-corrected chi connectivity index (χ0v) is 6.43. The summed E-state index contributed by atoms with van der Waals surface area (Å²) in [5, 5.41) is 10.3. The Hall–Kier alpha value is -2.18. The van der Waals surface area contributed by atoms with Crippen LogP contribution in [0.1, 0.15) is 10.4 Å². The first-order chi connectivity index (χ1) is 6.02. The molecule has 0 atom stereocenters. The van der Waals surface area contributed by atoms with E-state index in [0.29, 0.717) is 0 Å². The Kier molecular flexibility index (Phi) is 2.09. The number of nitrogen functional groups attached to an aromatic ring is 1. The fraction of sp³-hybridized carbons (Fsp3) is 0. The summed E-state index contributed by atoms with van der Waals surface area (Å²) in [6, 6.07) is 1.12. The van der Waals surface area contributed by atoms with Crippen molar-refractivity contribution in [3.8, 4) is 0 Å². The number of aromatic nitrogens is 1. The SMILES string of the molecule is NC(=O)c1cc(N)cnc1[N+](=O)[O-]. The summed E-state index contributed by atoms with van der Waals surface area (Å²) in [4.78, 5) is 23.6.